The highest BCUT2D eigenvalue weighted by molar-refractivity contribution is 5.85. The van der Waals surface area contributed by atoms with E-state index in [9.17, 15) is 19.7 Å². The van der Waals surface area contributed by atoms with Gasteiger partial charge in [-0.1, -0.05) is 0 Å². The Kier molecular flexibility index (Phi) is 10.0. The zero-order valence-corrected chi connectivity index (χ0v) is 19.1. The number of nitro benzene ring substituents is 1. The van der Waals surface area contributed by atoms with Crippen molar-refractivity contribution in [1.82, 2.24) is 14.0 Å². The lowest BCUT2D eigenvalue weighted by Crippen LogP contribution is -2.49. The summed E-state index contributed by atoms with van der Waals surface area (Å²) in [4.78, 5) is 38.6. The van der Waals surface area contributed by atoms with Crippen LogP contribution in [0.1, 0.15) is 6.42 Å². The maximum absolute atomic E-state index is 12.1. The quantitative estimate of drug-likeness (QED) is 0.338. The van der Waals surface area contributed by atoms with E-state index in [1.807, 2.05) is 0 Å². The molecule has 12 heteroatoms. The molecule has 10 nitrogen and oxygen atoms in total. The van der Waals surface area contributed by atoms with Crippen molar-refractivity contribution in [3.63, 3.8) is 0 Å². The summed E-state index contributed by atoms with van der Waals surface area (Å²) in [6, 6.07) is 7.57. The zero-order chi connectivity index (χ0) is 21.0. The number of nitrogens with zero attached hydrogens (tertiary/aromatic N) is 5. The number of ether oxygens (including phenoxy) is 1. The van der Waals surface area contributed by atoms with Gasteiger partial charge in [-0.15, -0.1) is 24.8 Å². The number of nitro groups is 1. The second-order valence-corrected chi connectivity index (χ2v) is 7.02. The van der Waals surface area contributed by atoms with E-state index in [1.54, 1.807) is 19.2 Å². The zero-order valence-electron chi connectivity index (χ0n) is 17.4. The summed E-state index contributed by atoms with van der Waals surface area (Å²) in [5, 5.41) is 10.7. The predicted molar refractivity (Wildman–Crippen MR) is 123 cm³/mol. The summed E-state index contributed by atoms with van der Waals surface area (Å²) in [5.41, 5.74) is -0.573. The number of benzene rings is 1. The molecular formula is C19H27Cl2N5O5. The molecule has 1 aliphatic rings. The highest BCUT2D eigenvalue weighted by Crippen LogP contribution is 2.17. The molecule has 1 fully saturated rings. The van der Waals surface area contributed by atoms with Gasteiger partial charge in [-0.2, -0.15) is 0 Å². The van der Waals surface area contributed by atoms with Gasteiger partial charge in [0.15, 0.2) is 0 Å². The minimum Gasteiger partial charge on any atom is -0.494 e. The van der Waals surface area contributed by atoms with Crippen molar-refractivity contribution >= 4 is 36.3 Å². The van der Waals surface area contributed by atoms with Crippen LogP contribution in [0.25, 0.3) is 0 Å². The molecule has 0 aliphatic carbocycles. The van der Waals surface area contributed by atoms with Crippen LogP contribution in [-0.2, 0) is 14.1 Å². The molecule has 0 atom stereocenters. The Hall–Kier alpha value is -2.56. The molecule has 2 aromatic rings. The van der Waals surface area contributed by atoms with Gasteiger partial charge in [0.2, 0.25) is 0 Å². The second-order valence-electron chi connectivity index (χ2n) is 7.02. The predicted octanol–water partition coefficient (Wildman–Crippen LogP) is 1.43. The van der Waals surface area contributed by atoms with E-state index in [4.69, 9.17) is 4.74 Å². The van der Waals surface area contributed by atoms with Crippen molar-refractivity contribution < 1.29 is 9.66 Å². The number of hydrogen-bond acceptors (Lipinski definition) is 7. The highest BCUT2D eigenvalue weighted by atomic mass is 35.5. The molecule has 0 saturated carbocycles. The van der Waals surface area contributed by atoms with Crippen LogP contribution in [0.15, 0.2) is 39.9 Å². The highest BCUT2D eigenvalue weighted by Gasteiger charge is 2.20. The molecule has 0 unspecified atom stereocenters. The van der Waals surface area contributed by atoms with E-state index in [1.165, 1.54) is 29.8 Å². The largest absolute Gasteiger partial charge is 0.494 e. The van der Waals surface area contributed by atoms with Crippen molar-refractivity contribution in [1.29, 1.82) is 0 Å². The van der Waals surface area contributed by atoms with Crippen molar-refractivity contribution in [2.45, 2.75) is 6.42 Å². The molecule has 0 radical (unpaired) electrons. The summed E-state index contributed by atoms with van der Waals surface area (Å²) < 4.78 is 8.25. The van der Waals surface area contributed by atoms with Crippen LogP contribution in [0, 0.1) is 10.1 Å². The Morgan fingerprint density at radius 2 is 1.61 bits per heavy atom. The average molecular weight is 476 g/mol. The number of rotatable bonds is 7. The topological polar surface area (TPSA) is 103 Å². The first-order valence-electron chi connectivity index (χ1n) is 9.48. The average Bonchev–Trinajstić information content (AvgIpc) is 2.73. The Balaban J connectivity index is 0.00000240. The number of piperazine rings is 1. The van der Waals surface area contributed by atoms with E-state index < -0.39 is 4.92 Å². The normalized spacial score (nSPS) is 13.8. The van der Waals surface area contributed by atoms with E-state index in [-0.39, 0.29) is 41.8 Å². The van der Waals surface area contributed by atoms with Gasteiger partial charge in [-0.3, -0.25) is 28.9 Å². The lowest BCUT2D eigenvalue weighted by atomic mass is 10.3. The number of anilines is 1. The summed E-state index contributed by atoms with van der Waals surface area (Å²) >= 11 is 0. The van der Waals surface area contributed by atoms with Crippen LogP contribution >= 0.6 is 24.8 Å². The van der Waals surface area contributed by atoms with Gasteiger partial charge in [-0.05, 0) is 18.6 Å². The third kappa shape index (κ3) is 6.46. The molecule has 31 heavy (non-hydrogen) atoms. The van der Waals surface area contributed by atoms with Crippen molar-refractivity contribution in [3.8, 4) is 5.75 Å². The third-order valence-corrected chi connectivity index (χ3v) is 5.13. The molecule has 0 amide bonds. The number of halogens is 2. The van der Waals surface area contributed by atoms with Crippen LogP contribution in [-0.4, -0.2) is 58.3 Å². The summed E-state index contributed by atoms with van der Waals surface area (Å²) in [7, 11) is 3.16. The smallest absolute Gasteiger partial charge is 0.332 e. The first-order valence-corrected chi connectivity index (χ1v) is 9.48. The number of aromatic nitrogens is 2. The van der Waals surface area contributed by atoms with Gasteiger partial charge in [0.05, 0.1) is 11.5 Å². The Morgan fingerprint density at radius 1 is 1.00 bits per heavy atom. The molecule has 3 rings (SSSR count). The standard InChI is InChI=1S/C19H25N5O5.2ClH/c1-20-17(14-18(25)21(2)19(20)26)23-11-9-22(10-12-23)8-3-13-29-16-6-4-15(5-7-16)24(27)28;;/h4-7,14H,3,8-13H2,1-2H3;2*1H. The van der Waals surface area contributed by atoms with Crippen LogP contribution in [0.3, 0.4) is 0 Å². The van der Waals surface area contributed by atoms with E-state index in [2.05, 4.69) is 9.80 Å². The van der Waals surface area contributed by atoms with Crippen LogP contribution in [0.5, 0.6) is 5.75 Å². The molecule has 1 aliphatic heterocycles. The Labute approximate surface area is 192 Å². The minimum atomic E-state index is -0.436. The van der Waals surface area contributed by atoms with Gasteiger partial charge >= 0.3 is 5.69 Å². The molecule has 1 aromatic carbocycles. The third-order valence-electron chi connectivity index (χ3n) is 5.13. The number of non-ortho nitro benzene ring substituents is 1. The molecule has 0 bridgehead atoms. The Bertz CT molecular complexity index is 985. The summed E-state index contributed by atoms with van der Waals surface area (Å²) in [5.74, 6) is 1.27. The number of hydrogen-bond donors (Lipinski definition) is 0. The fraction of sp³-hybridized carbons (Fsp3) is 0.474. The van der Waals surface area contributed by atoms with E-state index in [0.29, 0.717) is 18.2 Å². The molecule has 2 heterocycles. The lowest BCUT2D eigenvalue weighted by Gasteiger charge is -2.36. The van der Waals surface area contributed by atoms with Crippen molar-refractivity contribution in [2.75, 3.05) is 44.2 Å². The van der Waals surface area contributed by atoms with E-state index >= 15 is 0 Å². The van der Waals surface area contributed by atoms with Crippen molar-refractivity contribution in [3.05, 3.63) is 61.3 Å². The van der Waals surface area contributed by atoms with Gasteiger partial charge < -0.3 is 9.64 Å². The molecule has 1 saturated heterocycles. The summed E-state index contributed by atoms with van der Waals surface area (Å²) in [6.07, 6.45) is 0.835. The fourth-order valence-corrected chi connectivity index (χ4v) is 3.37. The summed E-state index contributed by atoms with van der Waals surface area (Å²) in [6.45, 7) is 4.55. The Morgan fingerprint density at radius 3 is 2.19 bits per heavy atom. The molecule has 172 valence electrons. The molecular weight excluding hydrogens is 449 g/mol. The van der Waals surface area contributed by atoms with Gasteiger partial charge in [0.1, 0.15) is 11.6 Å². The lowest BCUT2D eigenvalue weighted by molar-refractivity contribution is -0.384. The maximum atomic E-state index is 12.1. The monoisotopic (exact) mass is 475 g/mol. The van der Waals surface area contributed by atoms with Crippen LogP contribution in [0.4, 0.5) is 11.5 Å². The van der Waals surface area contributed by atoms with Gasteiger partial charge in [0.25, 0.3) is 11.2 Å². The maximum Gasteiger partial charge on any atom is 0.332 e. The SMILES string of the molecule is Cl.Cl.Cn1c(N2CCN(CCCOc3ccc([N+](=O)[O-])cc3)CC2)cc(=O)n(C)c1=O. The van der Waals surface area contributed by atoms with Crippen LogP contribution in [0.2, 0.25) is 0 Å². The van der Waals surface area contributed by atoms with Crippen LogP contribution < -0.4 is 20.9 Å². The first-order chi connectivity index (χ1) is 13.9. The van der Waals surface area contributed by atoms with Gasteiger partial charge in [0, 0.05) is 65.0 Å². The second kappa shape index (κ2) is 11.7. The van der Waals surface area contributed by atoms with Crippen molar-refractivity contribution in [2.24, 2.45) is 14.1 Å². The minimum absolute atomic E-state index is 0. The van der Waals surface area contributed by atoms with E-state index in [0.717, 1.165) is 43.7 Å². The molecule has 0 spiro atoms. The fourth-order valence-electron chi connectivity index (χ4n) is 3.37. The molecule has 0 N–H and O–H groups in total. The molecule has 1 aromatic heterocycles. The first kappa shape index (κ1) is 26.5. The van der Waals surface area contributed by atoms with Gasteiger partial charge in [-0.25, -0.2) is 4.79 Å².